The van der Waals surface area contributed by atoms with Crippen LogP contribution in [0.1, 0.15) is 6.92 Å². The fourth-order valence-electron chi connectivity index (χ4n) is 1.25. The van der Waals surface area contributed by atoms with E-state index < -0.39 is 0 Å². The highest BCUT2D eigenvalue weighted by Crippen LogP contribution is 2.02. The van der Waals surface area contributed by atoms with Crippen LogP contribution in [0, 0.1) is 0 Å². The summed E-state index contributed by atoms with van der Waals surface area (Å²) in [6.45, 7) is 7.10. The van der Waals surface area contributed by atoms with Crippen molar-refractivity contribution in [3.63, 3.8) is 0 Å². The van der Waals surface area contributed by atoms with Gasteiger partial charge < -0.3 is 5.32 Å². The summed E-state index contributed by atoms with van der Waals surface area (Å²) in [6.07, 6.45) is 0. The lowest BCUT2D eigenvalue weighted by molar-refractivity contribution is -0.109. The maximum atomic E-state index is 10.6. The molecule has 0 aromatic carbocycles. The van der Waals surface area contributed by atoms with Gasteiger partial charge in [-0.05, 0) is 0 Å². The third kappa shape index (κ3) is 4.09. The Hall–Kier alpha value is -0.0600. The standard InChI is InChI=1S/C8H16N2OS/c1-8(11)12-7-6-10-4-2-9-3-5-10/h9H,2-7H2,1H3. The third-order valence-electron chi connectivity index (χ3n) is 1.92. The predicted octanol–water partition coefficient (Wildman–Crippen LogP) is 0.171. The van der Waals surface area contributed by atoms with Crippen LogP contribution in [0.4, 0.5) is 0 Å². The molecule has 0 unspecified atom stereocenters. The third-order valence-corrected chi connectivity index (χ3v) is 2.72. The normalized spacial score (nSPS) is 19.4. The quantitative estimate of drug-likeness (QED) is 0.684. The van der Waals surface area contributed by atoms with Crippen LogP contribution in [0.5, 0.6) is 0 Å². The van der Waals surface area contributed by atoms with E-state index in [1.807, 2.05) is 0 Å². The summed E-state index contributed by atoms with van der Waals surface area (Å²) in [7, 11) is 0. The zero-order valence-corrected chi connectivity index (χ0v) is 8.32. The molecule has 70 valence electrons. The second-order valence-electron chi connectivity index (χ2n) is 2.93. The fourth-order valence-corrected chi connectivity index (χ4v) is 1.89. The van der Waals surface area contributed by atoms with Crippen molar-refractivity contribution in [1.82, 2.24) is 10.2 Å². The highest BCUT2D eigenvalue weighted by atomic mass is 32.2. The summed E-state index contributed by atoms with van der Waals surface area (Å²) in [4.78, 5) is 13.0. The van der Waals surface area contributed by atoms with E-state index in [1.165, 1.54) is 11.8 Å². The number of carbonyl (C=O) groups excluding carboxylic acids is 1. The number of nitrogens with zero attached hydrogens (tertiary/aromatic N) is 1. The molecule has 1 rings (SSSR count). The van der Waals surface area contributed by atoms with Gasteiger partial charge in [0.15, 0.2) is 5.12 Å². The van der Waals surface area contributed by atoms with Crippen LogP contribution < -0.4 is 5.32 Å². The first-order chi connectivity index (χ1) is 5.79. The molecular weight excluding hydrogens is 172 g/mol. The molecule has 1 fully saturated rings. The van der Waals surface area contributed by atoms with Gasteiger partial charge in [-0.1, -0.05) is 11.8 Å². The first-order valence-electron chi connectivity index (χ1n) is 4.35. The summed E-state index contributed by atoms with van der Waals surface area (Å²) in [6, 6.07) is 0. The highest BCUT2D eigenvalue weighted by molar-refractivity contribution is 8.13. The van der Waals surface area contributed by atoms with Gasteiger partial charge in [0.2, 0.25) is 0 Å². The highest BCUT2D eigenvalue weighted by Gasteiger charge is 2.08. The molecule has 3 nitrogen and oxygen atoms in total. The Morgan fingerprint density at radius 2 is 2.17 bits per heavy atom. The molecular formula is C8H16N2OS. The molecule has 0 atom stereocenters. The van der Waals surface area contributed by atoms with Crippen LogP contribution >= 0.6 is 11.8 Å². The van der Waals surface area contributed by atoms with Gasteiger partial charge in [0, 0.05) is 45.4 Å². The molecule has 1 aliphatic heterocycles. The molecule has 0 spiro atoms. The Bertz CT molecular complexity index is 146. The first kappa shape index (κ1) is 10.0. The molecule has 0 bridgehead atoms. The number of piperazine rings is 1. The predicted molar refractivity (Wildman–Crippen MR) is 52.4 cm³/mol. The first-order valence-corrected chi connectivity index (χ1v) is 5.34. The lowest BCUT2D eigenvalue weighted by Crippen LogP contribution is -2.44. The van der Waals surface area contributed by atoms with Crippen molar-refractivity contribution < 1.29 is 4.79 Å². The maximum absolute atomic E-state index is 10.6. The van der Waals surface area contributed by atoms with Crippen LogP contribution in [0.2, 0.25) is 0 Å². The van der Waals surface area contributed by atoms with Crippen LogP contribution in [-0.2, 0) is 4.79 Å². The van der Waals surface area contributed by atoms with E-state index >= 15 is 0 Å². The van der Waals surface area contributed by atoms with E-state index in [1.54, 1.807) is 6.92 Å². The molecule has 1 saturated heterocycles. The molecule has 1 heterocycles. The van der Waals surface area contributed by atoms with Crippen molar-refractivity contribution in [3.05, 3.63) is 0 Å². The molecule has 1 aliphatic rings. The summed E-state index contributed by atoms with van der Waals surface area (Å²) >= 11 is 1.42. The van der Waals surface area contributed by atoms with Crippen LogP contribution in [-0.4, -0.2) is 48.5 Å². The Balaban J connectivity index is 2.01. The Labute approximate surface area is 77.9 Å². The van der Waals surface area contributed by atoms with Gasteiger partial charge in [-0.3, -0.25) is 9.69 Å². The van der Waals surface area contributed by atoms with Crippen LogP contribution in [0.3, 0.4) is 0 Å². The topological polar surface area (TPSA) is 32.3 Å². The van der Waals surface area contributed by atoms with E-state index in [-0.39, 0.29) is 5.12 Å². The summed E-state index contributed by atoms with van der Waals surface area (Å²) in [5.74, 6) is 0.940. The molecule has 0 radical (unpaired) electrons. The number of carbonyl (C=O) groups is 1. The SMILES string of the molecule is CC(=O)SCCN1CCNCC1. The maximum Gasteiger partial charge on any atom is 0.185 e. The molecule has 1 N–H and O–H groups in total. The average molecular weight is 188 g/mol. The minimum absolute atomic E-state index is 0.227. The van der Waals surface area contributed by atoms with E-state index in [9.17, 15) is 4.79 Å². The van der Waals surface area contributed by atoms with E-state index in [2.05, 4.69) is 10.2 Å². The van der Waals surface area contributed by atoms with Gasteiger partial charge in [-0.15, -0.1) is 0 Å². The number of nitrogens with one attached hydrogen (secondary N) is 1. The van der Waals surface area contributed by atoms with Gasteiger partial charge in [0.25, 0.3) is 0 Å². The monoisotopic (exact) mass is 188 g/mol. The van der Waals surface area contributed by atoms with Crippen LogP contribution in [0.25, 0.3) is 0 Å². The molecule has 12 heavy (non-hydrogen) atoms. The Morgan fingerprint density at radius 1 is 1.50 bits per heavy atom. The Morgan fingerprint density at radius 3 is 2.75 bits per heavy atom. The van der Waals surface area contributed by atoms with Crippen molar-refractivity contribution in [2.24, 2.45) is 0 Å². The van der Waals surface area contributed by atoms with Crippen molar-refractivity contribution in [2.75, 3.05) is 38.5 Å². The summed E-state index contributed by atoms with van der Waals surface area (Å²) < 4.78 is 0. The van der Waals surface area contributed by atoms with Gasteiger partial charge in [0.05, 0.1) is 0 Å². The second-order valence-corrected chi connectivity index (χ2v) is 4.20. The number of hydrogen-bond donors (Lipinski definition) is 1. The number of rotatable bonds is 3. The number of hydrogen-bond acceptors (Lipinski definition) is 4. The fraction of sp³-hybridized carbons (Fsp3) is 0.875. The summed E-state index contributed by atoms with van der Waals surface area (Å²) in [5.41, 5.74) is 0. The lowest BCUT2D eigenvalue weighted by Gasteiger charge is -2.26. The van der Waals surface area contributed by atoms with Crippen molar-refractivity contribution >= 4 is 16.9 Å². The molecule has 0 saturated carbocycles. The average Bonchev–Trinajstić information content (AvgIpc) is 2.05. The zero-order chi connectivity index (χ0) is 8.81. The molecule has 0 aliphatic carbocycles. The van der Waals surface area contributed by atoms with Gasteiger partial charge in [-0.2, -0.15) is 0 Å². The van der Waals surface area contributed by atoms with Gasteiger partial charge in [-0.25, -0.2) is 0 Å². The minimum atomic E-state index is 0.227. The van der Waals surface area contributed by atoms with E-state index in [0.29, 0.717) is 0 Å². The summed E-state index contributed by atoms with van der Waals surface area (Å²) in [5, 5.41) is 3.53. The largest absolute Gasteiger partial charge is 0.314 e. The van der Waals surface area contributed by atoms with Gasteiger partial charge >= 0.3 is 0 Å². The molecule has 0 amide bonds. The van der Waals surface area contributed by atoms with E-state index in [4.69, 9.17) is 0 Å². The van der Waals surface area contributed by atoms with Crippen molar-refractivity contribution in [2.45, 2.75) is 6.92 Å². The minimum Gasteiger partial charge on any atom is -0.314 e. The Kier molecular flexibility index (Phi) is 4.65. The van der Waals surface area contributed by atoms with Crippen LogP contribution in [0.15, 0.2) is 0 Å². The van der Waals surface area contributed by atoms with Crippen molar-refractivity contribution in [3.8, 4) is 0 Å². The van der Waals surface area contributed by atoms with Crippen molar-refractivity contribution in [1.29, 1.82) is 0 Å². The molecule has 0 aromatic heterocycles. The second kappa shape index (κ2) is 5.56. The van der Waals surface area contributed by atoms with Gasteiger partial charge in [0.1, 0.15) is 0 Å². The molecule has 4 heteroatoms. The van der Waals surface area contributed by atoms with E-state index in [0.717, 1.165) is 38.5 Å². The zero-order valence-electron chi connectivity index (χ0n) is 7.51. The smallest absolute Gasteiger partial charge is 0.185 e. The molecule has 0 aromatic rings. The lowest BCUT2D eigenvalue weighted by atomic mass is 10.4. The number of thioether (sulfide) groups is 1.